The molecular formula is C33H36F2N4O4S. The summed E-state index contributed by atoms with van der Waals surface area (Å²) < 4.78 is 39.1. The molecular weight excluding hydrogens is 586 g/mol. The van der Waals surface area contributed by atoms with Crippen LogP contribution in [0, 0.1) is 11.6 Å². The molecule has 2 aliphatic rings. The summed E-state index contributed by atoms with van der Waals surface area (Å²) in [6.45, 7) is 3.15. The van der Waals surface area contributed by atoms with Gasteiger partial charge in [0.25, 0.3) is 0 Å². The molecule has 232 valence electrons. The number of benzene rings is 2. The predicted molar refractivity (Wildman–Crippen MR) is 169 cm³/mol. The van der Waals surface area contributed by atoms with Gasteiger partial charge in [-0.25, -0.2) is 13.8 Å². The zero-order valence-corrected chi connectivity index (χ0v) is 25.6. The Balaban J connectivity index is 0.000000204. The lowest BCUT2D eigenvalue weighted by Gasteiger charge is -2.18. The van der Waals surface area contributed by atoms with Crippen LogP contribution in [0.3, 0.4) is 0 Å². The monoisotopic (exact) mass is 622 g/mol. The number of nitrogens with zero attached hydrogens (tertiary/aromatic N) is 2. The third kappa shape index (κ3) is 6.85. The Morgan fingerprint density at radius 2 is 2.02 bits per heavy atom. The van der Waals surface area contributed by atoms with Gasteiger partial charge in [-0.15, -0.1) is 11.3 Å². The number of methoxy groups -OCH3 is 1. The summed E-state index contributed by atoms with van der Waals surface area (Å²) in [5, 5.41) is 24.1. The fourth-order valence-corrected chi connectivity index (χ4v) is 5.84. The van der Waals surface area contributed by atoms with Crippen LogP contribution in [0.25, 0.3) is 11.3 Å². The van der Waals surface area contributed by atoms with E-state index in [0.717, 1.165) is 46.2 Å². The molecule has 0 spiro atoms. The first-order valence-corrected chi connectivity index (χ1v) is 15.3. The number of pyridine rings is 1. The molecule has 8 nitrogen and oxygen atoms in total. The Morgan fingerprint density at radius 3 is 2.68 bits per heavy atom. The number of aromatic nitrogens is 1. The number of aliphatic hydroxyl groups excluding tert-OH is 1. The number of nitrogens with one attached hydrogen (secondary N) is 1. The van der Waals surface area contributed by atoms with Gasteiger partial charge in [0.05, 0.1) is 37.7 Å². The summed E-state index contributed by atoms with van der Waals surface area (Å²) in [6.07, 6.45) is 4.09. The van der Waals surface area contributed by atoms with Gasteiger partial charge in [-0.05, 0) is 61.2 Å². The average molecular weight is 623 g/mol. The second-order valence-electron chi connectivity index (χ2n) is 10.9. The van der Waals surface area contributed by atoms with Crippen LogP contribution in [0.4, 0.5) is 14.5 Å². The van der Waals surface area contributed by atoms with Crippen LogP contribution in [-0.2, 0) is 6.61 Å². The maximum atomic E-state index is 14.6. The molecule has 2 unspecified atom stereocenters. The zero-order valence-electron chi connectivity index (χ0n) is 24.8. The van der Waals surface area contributed by atoms with E-state index in [4.69, 9.17) is 25.3 Å². The largest absolute Gasteiger partial charge is 0.505 e. The van der Waals surface area contributed by atoms with Gasteiger partial charge < -0.3 is 30.7 Å². The number of nitrogen functional groups attached to an aromatic ring is 1. The molecule has 2 aromatic heterocycles. The number of aliphatic hydroxyl groups is 1. The number of rotatable bonds is 9. The van der Waals surface area contributed by atoms with Crippen LogP contribution in [0.1, 0.15) is 58.9 Å². The minimum atomic E-state index is -1.00. The van der Waals surface area contributed by atoms with Gasteiger partial charge in [-0.1, -0.05) is 13.0 Å². The summed E-state index contributed by atoms with van der Waals surface area (Å²) in [7, 11) is 3.44. The second kappa shape index (κ2) is 13.7. The molecule has 6 rings (SSSR count). The normalized spacial score (nSPS) is 16.3. The third-order valence-electron chi connectivity index (χ3n) is 7.58. The Kier molecular flexibility index (Phi) is 9.77. The topological polar surface area (TPSA) is 122 Å². The molecule has 0 radical (unpaired) electrons. The van der Waals surface area contributed by atoms with Gasteiger partial charge in [0, 0.05) is 52.2 Å². The minimum absolute atomic E-state index is 0.0149. The molecule has 2 atom stereocenters. The summed E-state index contributed by atoms with van der Waals surface area (Å²) >= 11 is 1.63. The van der Waals surface area contributed by atoms with Crippen molar-refractivity contribution in [3.63, 3.8) is 0 Å². The number of ether oxygens (including phenoxy) is 2. The van der Waals surface area contributed by atoms with E-state index >= 15 is 0 Å². The number of aromatic hydroxyl groups is 1. The van der Waals surface area contributed by atoms with E-state index in [0.29, 0.717) is 48.1 Å². The van der Waals surface area contributed by atoms with Crippen molar-refractivity contribution >= 4 is 23.2 Å². The summed E-state index contributed by atoms with van der Waals surface area (Å²) in [5.74, 6) is -1.21. The molecule has 1 aliphatic heterocycles. The Morgan fingerprint density at radius 1 is 1.23 bits per heavy atom. The molecule has 0 saturated heterocycles. The first-order chi connectivity index (χ1) is 21.2. The van der Waals surface area contributed by atoms with Gasteiger partial charge in [0.1, 0.15) is 23.0 Å². The van der Waals surface area contributed by atoms with Crippen molar-refractivity contribution in [2.45, 2.75) is 44.2 Å². The SMILES string of the molecule is CNCC(c1cc2c(c(-c3cc(O)c(F)cc3F)n1)OCC2C)c1cccs1.COc1cc(CO)cc(C=NC2CC2)c1N. The summed E-state index contributed by atoms with van der Waals surface area (Å²) in [4.78, 5) is 10.2. The Bertz CT molecular complexity index is 1640. The average Bonchev–Trinajstić information content (AvgIpc) is 3.55. The maximum absolute atomic E-state index is 14.6. The van der Waals surface area contributed by atoms with E-state index < -0.39 is 17.4 Å². The maximum Gasteiger partial charge on any atom is 0.167 e. The highest BCUT2D eigenvalue weighted by Gasteiger charge is 2.30. The Labute approximate surface area is 259 Å². The van der Waals surface area contributed by atoms with Crippen molar-refractivity contribution < 1.29 is 28.5 Å². The van der Waals surface area contributed by atoms with Crippen LogP contribution in [0.15, 0.2) is 52.8 Å². The van der Waals surface area contributed by atoms with E-state index in [9.17, 15) is 13.9 Å². The fraction of sp³-hybridized carbons (Fsp3) is 0.333. The van der Waals surface area contributed by atoms with E-state index in [2.05, 4.69) is 10.3 Å². The Hall–Kier alpha value is -4.06. The second-order valence-corrected chi connectivity index (χ2v) is 11.9. The van der Waals surface area contributed by atoms with Gasteiger partial charge in [-0.2, -0.15) is 0 Å². The first-order valence-electron chi connectivity index (χ1n) is 14.4. The van der Waals surface area contributed by atoms with Crippen molar-refractivity contribution in [1.29, 1.82) is 0 Å². The van der Waals surface area contributed by atoms with Crippen LogP contribution >= 0.6 is 11.3 Å². The molecule has 0 bridgehead atoms. The standard InChI is InChI=1S/C21H20F2N2O2S.C12H16N2O2/c1-11-10-27-21-12(11)6-17(14(9-24-2)19-4-3-5-28-19)25-20(21)13-7-18(26)16(23)8-15(13)22;1-16-11-5-8(7-15)4-9(12(11)13)6-14-10-2-3-10/h3-8,11,14,24,26H,9-10H2,1-2H3;4-6,10,15H,2-3,7,13H2,1H3. The molecule has 0 amide bonds. The lowest BCUT2D eigenvalue weighted by molar-refractivity contribution is 0.281. The van der Waals surface area contributed by atoms with Crippen molar-refractivity contribution in [3.8, 4) is 28.5 Å². The highest BCUT2D eigenvalue weighted by Crippen LogP contribution is 2.44. The molecule has 1 aliphatic carbocycles. The van der Waals surface area contributed by atoms with Gasteiger partial charge >= 0.3 is 0 Å². The highest BCUT2D eigenvalue weighted by atomic mass is 32.1. The minimum Gasteiger partial charge on any atom is -0.505 e. The van der Waals surface area contributed by atoms with E-state index in [1.165, 1.54) is 0 Å². The predicted octanol–water partition coefficient (Wildman–Crippen LogP) is 5.99. The number of nitrogens with two attached hydrogens (primary N) is 1. The van der Waals surface area contributed by atoms with E-state index in [-0.39, 0.29) is 24.0 Å². The van der Waals surface area contributed by atoms with Crippen LogP contribution in [0.5, 0.6) is 17.2 Å². The van der Waals surface area contributed by atoms with Crippen molar-refractivity contribution in [2.24, 2.45) is 4.99 Å². The molecule has 44 heavy (non-hydrogen) atoms. The number of likely N-dealkylation sites (N-methyl/N-ethyl adjacent to an activating group) is 1. The summed E-state index contributed by atoms with van der Waals surface area (Å²) in [5.41, 5.74) is 10.1. The number of fused-ring (bicyclic) bond motifs is 1. The molecule has 3 heterocycles. The quantitative estimate of drug-likeness (QED) is 0.134. The first kappa shape index (κ1) is 31.4. The number of thiophene rings is 1. The molecule has 11 heteroatoms. The van der Waals surface area contributed by atoms with Crippen LogP contribution in [-0.4, -0.2) is 54.8 Å². The molecule has 1 fully saturated rings. The van der Waals surface area contributed by atoms with Crippen molar-refractivity contribution in [1.82, 2.24) is 10.3 Å². The van der Waals surface area contributed by atoms with Crippen molar-refractivity contribution in [3.05, 3.63) is 86.7 Å². The summed E-state index contributed by atoms with van der Waals surface area (Å²) in [6, 6.07) is 11.8. The smallest absolute Gasteiger partial charge is 0.167 e. The van der Waals surface area contributed by atoms with Gasteiger partial charge in [-0.3, -0.25) is 4.99 Å². The fourth-order valence-electron chi connectivity index (χ4n) is 5.00. The van der Waals surface area contributed by atoms with Crippen molar-refractivity contribution in [2.75, 3.05) is 33.0 Å². The number of aliphatic imine (C=N–C) groups is 1. The van der Waals surface area contributed by atoms with Crippen LogP contribution in [0.2, 0.25) is 0 Å². The van der Waals surface area contributed by atoms with Gasteiger partial charge in [0.15, 0.2) is 11.6 Å². The van der Waals surface area contributed by atoms with Gasteiger partial charge in [0.2, 0.25) is 0 Å². The molecule has 4 aromatic rings. The van der Waals surface area contributed by atoms with E-state index in [1.807, 2.05) is 43.6 Å². The lowest BCUT2D eigenvalue weighted by Crippen LogP contribution is -2.19. The third-order valence-corrected chi connectivity index (χ3v) is 8.57. The number of halogens is 2. The van der Waals surface area contributed by atoms with E-state index in [1.54, 1.807) is 30.7 Å². The van der Waals surface area contributed by atoms with Crippen LogP contribution < -0.4 is 20.5 Å². The molecule has 5 N–H and O–H groups in total. The molecule has 1 saturated carbocycles. The number of hydrogen-bond donors (Lipinski definition) is 4. The number of anilines is 1. The lowest BCUT2D eigenvalue weighted by atomic mass is 9.95. The highest BCUT2D eigenvalue weighted by molar-refractivity contribution is 7.10. The number of hydrogen-bond acceptors (Lipinski definition) is 9. The zero-order chi connectivity index (χ0) is 31.4. The number of phenolic OH excluding ortho intramolecular Hbond substituents is 1. The number of phenols is 1. The molecule has 2 aromatic carbocycles.